The first-order chi connectivity index (χ1) is 16.3. The smallest absolute Gasteiger partial charge is 0.395 e. The average molecular weight is 491 g/mol. The summed E-state index contributed by atoms with van der Waals surface area (Å²) < 4.78 is 51.0. The Balaban J connectivity index is 1.50. The Bertz CT molecular complexity index is 1280. The van der Waals surface area contributed by atoms with Crippen molar-refractivity contribution in [1.29, 1.82) is 0 Å². The van der Waals surface area contributed by atoms with Gasteiger partial charge in [0.15, 0.2) is 16.3 Å². The van der Waals surface area contributed by atoms with Crippen LogP contribution in [0.3, 0.4) is 0 Å². The van der Waals surface area contributed by atoms with Crippen LogP contribution in [0.4, 0.5) is 23.7 Å². The van der Waals surface area contributed by atoms with Crippen LogP contribution in [0.1, 0.15) is 17.7 Å². The number of hydrogen-bond acceptors (Lipinski definition) is 5. The Kier molecular flexibility index (Phi) is 5.72. The summed E-state index contributed by atoms with van der Waals surface area (Å²) in [5, 5.41) is 0. The van der Waals surface area contributed by atoms with Gasteiger partial charge in [-0.25, -0.2) is 9.18 Å². The lowest BCUT2D eigenvalue weighted by atomic mass is 10.2. The molecule has 178 valence electrons. The number of alkyl halides is 2. The number of carbonyl (C=O) groups is 1. The normalized spacial score (nSPS) is 16.8. The van der Waals surface area contributed by atoms with Crippen LogP contribution in [0.15, 0.2) is 53.7 Å². The van der Waals surface area contributed by atoms with Gasteiger partial charge in [0.2, 0.25) is 0 Å². The number of ether oxygens (including phenoxy) is 2. The van der Waals surface area contributed by atoms with Crippen LogP contribution in [0.5, 0.6) is 11.5 Å². The van der Waals surface area contributed by atoms with E-state index in [0.29, 0.717) is 30.1 Å². The molecule has 0 N–H and O–H groups in total. The van der Waals surface area contributed by atoms with Gasteiger partial charge in [-0.2, -0.15) is 4.99 Å². The standard InChI is InChI=1S/C23H21F3N4O3S/c1-28(16-6-4-15(24)5-7-16)13-18-14-30(22(34-18)27-21(31)29-10-2-3-11-29)17-8-9-19-20(12-17)33-23(25,26)32-19/h4-9,12,14H,2-3,10-11,13H2,1H3. The maximum atomic E-state index is 13.5. The second-order valence-corrected chi connectivity index (χ2v) is 9.16. The van der Waals surface area contributed by atoms with Crippen LogP contribution in [0.2, 0.25) is 0 Å². The number of aromatic nitrogens is 1. The van der Waals surface area contributed by atoms with Crippen molar-refractivity contribution in [3.05, 3.63) is 64.2 Å². The third-order valence-corrected chi connectivity index (χ3v) is 6.56. The average Bonchev–Trinajstić information content (AvgIpc) is 3.51. The van der Waals surface area contributed by atoms with E-state index in [9.17, 15) is 18.0 Å². The molecule has 0 atom stereocenters. The molecule has 2 aliphatic rings. The lowest BCUT2D eigenvalue weighted by molar-refractivity contribution is -0.286. The van der Waals surface area contributed by atoms with E-state index in [1.807, 2.05) is 11.9 Å². The molecular weight excluding hydrogens is 469 g/mol. The third-order valence-electron chi connectivity index (χ3n) is 5.59. The molecule has 34 heavy (non-hydrogen) atoms. The molecule has 1 fully saturated rings. The minimum absolute atomic E-state index is 0.0625. The van der Waals surface area contributed by atoms with Crippen molar-refractivity contribution >= 4 is 23.1 Å². The van der Waals surface area contributed by atoms with Gasteiger partial charge in [-0.3, -0.25) is 4.57 Å². The highest BCUT2D eigenvalue weighted by molar-refractivity contribution is 7.09. The van der Waals surface area contributed by atoms with Crippen molar-refractivity contribution in [3.63, 3.8) is 0 Å². The van der Waals surface area contributed by atoms with Gasteiger partial charge in [0, 0.05) is 43.0 Å². The van der Waals surface area contributed by atoms with Crippen molar-refractivity contribution in [2.24, 2.45) is 4.99 Å². The molecule has 0 saturated carbocycles. The molecule has 0 radical (unpaired) electrons. The number of likely N-dealkylation sites (tertiary alicyclic amines) is 1. The van der Waals surface area contributed by atoms with Gasteiger partial charge in [-0.1, -0.05) is 11.3 Å². The van der Waals surface area contributed by atoms with Crippen molar-refractivity contribution in [1.82, 2.24) is 9.47 Å². The number of halogens is 3. The predicted octanol–water partition coefficient (Wildman–Crippen LogP) is 4.75. The van der Waals surface area contributed by atoms with Crippen LogP contribution < -0.4 is 19.2 Å². The number of urea groups is 1. The van der Waals surface area contributed by atoms with Gasteiger partial charge in [0.1, 0.15) is 5.82 Å². The quantitative estimate of drug-likeness (QED) is 0.530. The van der Waals surface area contributed by atoms with E-state index in [1.54, 1.807) is 33.9 Å². The fourth-order valence-corrected chi connectivity index (χ4v) is 4.93. The summed E-state index contributed by atoms with van der Waals surface area (Å²) in [6.45, 7) is 1.78. The number of hydrogen-bond donors (Lipinski definition) is 0. The van der Waals surface area contributed by atoms with Gasteiger partial charge in [-0.05, 0) is 49.2 Å². The Labute approximate surface area is 197 Å². The topological polar surface area (TPSA) is 59.3 Å². The third kappa shape index (κ3) is 4.60. The number of fused-ring (bicyclic) bond motifs is 1. The maximum absolute atomic E-state index is 13.5. The Hall–Kier alpha value is -3.47. The number of benzene rings is 2. The zero-order chi connectivity index (χ0) is 23.9. The molecule has 2 amide bonds. The van der Waals surface area contributed by atoms with Crippen molar-refractivity contribution in [3.8, 4) is 17.2 Å². The Morgan fingerprint density at radius 3 is 2.56 bits per heavy atom. The van der Waals surface area contributed by atoms with Gasteiger partial charge < -0.3 is 19.3 Å². The predicted molar refractivity (Wildman–Crippen MR) is 120 cm³/mol. The first-order valence-electron chi connectivity index (χ1n) is 10.7. The minimum Gasteiger partial charge on any atom is -0.395 e. The molecule has 0 spiro atoms. The summed E-state index contributed by atoms with van der Waals surface area (Å²) in [5.41, 5.74) is 1.32. The molecule has 2 aliphatic heterocycles. The number of rotatable bonds is 4. The van der Waals surface area contributed by atoms with Crippen LogP contribution in [0.25, 0.3) is 5.69 Å². The Morgan fingerprint density at radius 2 is 1.82 bits per heavy atom. The van der Waals surface area contributed by atoms with E-state index in [1.165, 1.54) is 35.6 Å². The Morgan fingerprint density at radius 1 is 1.12 bits per heavy atom. The summed E-state index contributed by atoms with van der Waals surface area (Å²) in [6, 6.07) is 10.2. The van der Waals surface area contributed by atoms with Gasteiger partial charge in [0.25, 0.3) is 0 Å². The van der Waals surface area contributed by atoms with Crippen molar-refractivity contribution < 1.29 is 27.4 Å². The second kappa shape index (κ2) is 8.71. The number of amides is 2. The summed E-state index contributed by atoms with van der Waals surface area (Å²) in [4.78, 5) is 21.9. The first kappa shape index (κ1) is 22.3. The molecule has 2 aromatic carbocycles. The van der Waals surface area contributed by atoms with E-state index in [0.717, 1.165) is 23.4 Å². The summed E-state index contributed by atoms with van der Waals surface area (Å²) >= 11 is 1.31. The lowest BCUT2D eigenvalue weighted by Gasteiger charge is -2.18. The van der Waals surface area contributed by atoms with E-state index in [4.69, 9.17) is 0 Å². The largest absolute Gasteiger partial charge is 0.586 e. The number of anilines is 1. The fraction of sp³-hybridized carbons (Fsp3) is 0.304. The maximum Gasteiger partial charge on any atom is 0.586 e. The molecule has 3 aromatic rings. The summed E-state index contributed by atoms with van der Waals surface area (Å²) in [6.07, 6.45) is -0.0374. The SMILES string of the molecule is CN(Cc1cn(-c2ccc3c(c2)OC(F)(F)O3)c(=NC(=O)N2CCCC2)s1)c1ccc(F)cc1. The number of nitrogens with zero attached hydrogens (tertiary/aromatic N) is 4. The van der Waals surface area contributed by atoms with E-state index in [-0.39, 0.29) is 23.3 Å². The number of thiazole rings is 1. The monoisotopic (exact) mass is 490 g/mol. The van der Waals surface area contributed by atoms with E-state index >= 15 is 0 Å². The minimum atomic E-state index is -3.72. The summed E-state index contributed by atoms with van der Waals surface area (Å²) in [5.74, 6) is -0.475. The van der Waals surface area contributed by atoms with Gasteiger partial charge in [-0.15, -0.1) is 8.78 Å². The number of carbonyl (C=O) groups excluding carboxylic acids is 1. The van der Waals surface area contributed by atoms with E-state index in [2.05, 4.69) is 14.5 Å². The van der Waals surface area contributed by atoms with E-state index < -0.39 is 6.29 Å². The zero-order valence-electron chi connectivity index (χ0n) is 18.2. The zero-order valence-corrected chi connectivity index (χ0v) is 19.0. The highest BCUT2D eigenvalue weighted by Crippen LogP contribution is 2.41. The molecule has 7 nitrogen and oxygen atoms in total. The summed E-state index contributed by atoms with van der Waals surface area (Å²) in [7, 11) is 1.87. The molecular formula is C23H21F3N4O3S. The van der Waals surface area contributed by atoms with Crippen molar-refractivity contribution in [2.45, 2.75) is 25.7 Å². The molecule has 0 aliphatic carbocycles. The van der Waals surface area contributed by atoms with Crippen LogP contribution >= 0.6 is 11.3 Å². The lowest BCUT2D eigenvalue weighted by Crippen LogP contribution is -2.27. The van der Waals surface area contributed by atoms with Gasteiger partial charge in [0.05, 0.1) is 12.2 Å². The highest BCUT2D eigenvalue weighted by Gasteiger charge is 2.43. The second-order valence-electron chi connectivity index (χ2n) is 8.07. The molecule has 1 aromatic heterocycles. The molecule has 11 heteroatoms. The van der Waals surface area contributed by atoms with Gasteiger partial charge >= 0.3 is 12.3 Å². The van der Waals surface area contributed by atoms with Crippen LogP contribution in [0, 0.1) is 5.82 Å². The van der Waals surface area contributed by atoms with Crippen LogP contribution in [-0.2, 0) is 6.54 Å². The molecule has 5 rings (SSSR count). The van der Waals surface area contributed by atoms with Crippen molar-refractivity contribution in [2.75, 3.05) is 25.0 Å². The molecule has 0 unspecified atom stereocenters. The molecule has 0 bridgehead atoms. The fourth-order valence-electron chi connectivity index (χ4n) is 3.90. The highest BCUT2D eigenvalue weighted by atomic mass is 32.1. The first-order valence-corrected chi connectivity index (χ1v) is 11.5. The van der Waals surface area contributed by atoms with Crippen LogP contribution in [-0.4, -0.2) is 41.9 Å². The molecule has 3 heterocycles. The molecule has 1 saturated heterocycles.